The lowest BCUT2D eigenvalue weighted by Gasteiger charge is -2.32. The Labute approximate surface area is 508 Å². The predicted molar refractivity (Wildman–Crippen MR) is 344 cm³/mol. The van der Waals surface area contributed by atoms with E-state index >= 15 is 0 Å². The van der Waals surface area contributed by atoms with Crippen molar-refractivity contribution in [3.05, 3.63) is 142 Å². The van der Waals surface area contributed by atoms with Crippen LogP contribution in [0.3, 0.4) is 0 Å². The molecule has 0 atom stereocenters. The largest absolute Gasteiger partial charge is 0.507 e. The van der Waals surface area contributed by atoms with E-state index in [1.165, 1.54) is 0 Å². The molecule has 0 fully saturated rings. The van der Waals surface area contributed by atoms with E-state index in [0.717, 1.165) is 0 Å². The van der Waals surface area contributed by atoms with Crippen LogP contribution in [0, 0.1) is 5.41 Å². The van der Waals surface area contributed by atoms with Crippen LogP contribution in [0.4, 0.5) is 0 Å². The summed E-state index contributed by atoms with van der Waals surface area (Å²) < 4.78 is 24.7. The van der Waals surface area contributed by atoms with Crippen molar-refractivity contribution in [2.45, 2.75) is 209 Å². The van der Waals surface area contributed by atoms with Gasteiger partial charge in [0.05, 0.1) is 22.3 Å². The molecule has 0 saturated carbocycles. The molecule has 4 aromatic carbocycles. The van der Waals surface area contributed by atoms with Gasteiger partial charge >= 0.3 is 23.9 Å². The molecule has 0 bridgehead atoms. The molecule has 0 unspecified atom stereocenters. The Morgan fingerprint density at radius 1 is 0.282 bits per heavy atom. The highest BCUT2D eigenvalue weighted by atomic mass is 16.6. The molecule has 0 aromatic heterocycles. The summed E-state index contributed by atoms with van der Waals surface area (Å²) in [5.41, 5.74) is -0.765. The lowest BCUT2D eigenvalue weighted by molar-refractivity contribution is -0.163. The van der Waals surface area contributed by atoms with Gasteiger partial charge in [-0.3, -0.25) is 0 Å². The summed E-state index contributed by atoms with van der Waals surface area (Å²) in [6.07, 6.45) is 0. The zero-order valence-corrected chi connectivity index (χ0v) is 55.8. The van der Waals surface area contributed by atoms with Gasteiger partial charge in [0.1, 0.15) is 54.8 Å². The molecule has 0 heterocycles. The quantitative estimate of drug-likeness (QED) is 0.0473. The van der Waals surface area contributed by atoms with Crippen LogP contribution in [0.2, 0.25) is 0 Å². The maximum Gasteiger partial charge on any atom is 0.338 e. The van der Waals surface area contributed by atoms with E-state index in [9.17, 15) is 39.6 Å². The van der Waals surface area contributed by atoms with Gasteiger partial charge in [-0.05, 0) is 114 Å². The molecule has 4 rings (SSSR count). The molecule has 12 nitrogen and oxygen atoms in total. The third-order valence-electron chi connectivity index (χ3n) is 15.3. The first-order valence-electron chi connectivity index (χ1n) is 29.1. The highest BCUT2D eigenvalue weighted by molar-refractivity contribution is 6.17. The zero-order chi connectivity index (χ0) is 65.7. The first kappa shape index (κ1) is 70.4. The molecule has 0 amide bonds. The van der Waals surface area contributed by atoms with Crippen LogP contribution in [0.25, 0.3) is 22.3 Å². The number of aromatic hydroxyl groups is 4. The maximum atomic E-state index is 14.6. The Morgan fingerprint density at radius 3 is 0.506 bits per heavy atom. The highest BCUT2D eigenvalue weighted by Gasteiger charge is 2.41. The predicted octanol–water partition coefficient (Wildman–Crippen LogP) is 16.2. The van der Waals surface area contributed by atoms with Crippen molar-refractivity contribution in [3.8, 4) is 23.0 Å². The summed E-state index contributed by atoms with van der Waals surface area (Å²) in [4.78, 5) is 58.6. The monoisotopic (exact) mass is 1170 g/mol. The Balaban J connectivity index is 1.98. The second-order valence-corrected chi connectivity index (χ2v) is 31.4. The SMILES string of the molecule is C=C(C(=O)OCC(COC(=O)C(=C)c1cc(C(C)(C)C)c(O)c(C(C)(C)C)c1)(COC(=O)C(=C)c1cc(C(C)(C)C)c(O)c(C(C)(C)C)c1)COC(=O)C(=C)c1cc(C(C)(C)C)c(O)c(C(C)(C)C)c1)c1cc(C(C)(C)C)c(O)c(C(C)(C)C)c1. The van der Waals surface area contributed by atoms with Crippen LogP contribution in [-0.4, -0.2) is 70.7 Å². The second-order valence-electron chi connectivity index (χ2n) is 31.4. The van der Waals surface area contributed by atoms with E-state index in [4.69, 9.17) is 18.9 Å². The molecule has 0 aliphatic rings. The minimum atomic E-state index is -1.90. The van der Waals surface area contributed by atoms with Crippen LogP contribution in [0.5, 0.6) is 23.0 Å². The van der Waals surface area contributed by atoms with Crippen molar-refractivity contribution in [2.24, 2.45) is 5.41 Å². The number of phenolic OH excluding ortho intramolecular Hbond substituents is 4. The molecule has 0 saturated heterocycles. The van der Waals surface area contributed by atoms with Gasteiger partial charge in [-0.15, -0.1) is 0 Å². The molecule has 0 spiro atoms. The van der Waals surface area contributed by atoms with E-state index in [0.29, 0.717) is 66.8 Å². The zero-order valence-electron chi connectivity index (χ0n) is 55.8. The number of benzene rings is 4. The number of rotatable bonds is 16. The van der Waals surface area contributed by atoms with Crippen LogP contribution in [-0.2, 0) is 81.4 Å². The topological polar surface area (TPSA) is 186 Å². The molecule has 0 aliphatic carbocycles. The number of hydrogen-bond donors (Lipinski definition) is 4. The molecule has 464 valence electrons. The Kier molecular flexibility index (Phi) is 20.2. The molecule has 0 radical (unpaired) electrons. The summed E-state index contributed by atoms with van der Waals surface area (Å²) in [6, 6.07) is 13.5. The fourth-order valence-corrected chi connectivity index (χ4v) is 9.75. The second kappa shape index (κ2) is 24.4. The van der Waals surface area contributed by atoms with E-state index < -0.39 is 99.0 Å². The standard InChI is InChI=1S/C73H100O12/c1-41(45-29-49(65(5,6)7)57(74)50(30-45)66(8,9)10)61(78)82-37-73(38-83-62(79)42(2)46-31-51(67(11,12)13)58(75)52(32-46)68(14,15)16,39-84-63(80)43(3)47-33-53(69(17,18)19)59(76)54(34-47)70(20,21)22)40-85-64(81)44(4)48-35-55(71(23,24)25)60(77)56(36-48)72(26,27)28/h29-36,74-77H,1-4,37-40H2,5-28H3. The fourth-order valence-electron chi connectivity index (χ4n) is 9.75. The summed E-state index contributed by atoms with van der Waals surface area (Å²) in [7, 11) is 0. The van der Waals surface area contributed by atoms with Gasteiger partial charge in [-0.1, -0.05) is 192 Å². The molecule has 12 heteroatoms. The van der Waals surface area contributed by atoms with Gasteiger partial charge in [0.25, 0.3) is 0 Å². The van der Waals surface area contributed by atoms with E-state index in [1.54, 1.807) is 48.5 Å². The number of carbonyl (C=O) groups is 4. The van der Waals surface area contributed by atoms with Crippen molar-refractivity contribution in [1.82, 2.24) is 0 Å². The number of ether oxygens (including phenoxy) is 4. The van der Waals surface area contributed by atoms with Crippen LogP contribution in [0.15, 0.2) is 74.8 Å². The normalized spacial score (nSPS) is 13.0. The van der Waals surface area contributed by atoms with Crippen LogP contribution < -0.4 is 0 Å². The summed E-state index contributed by atoms with van der Waals surface area (Å²) in [5, 5.41) is 46.3. The number of phenols is 4. The van der Waals surface area contributed by atoms with Crippen molar-refractivity contribution >= 4 is 46.2 Å². The van der Waals surface area contributed by atoms with Gasteiger partial charge in [-0.2, -0.15) is 0 Å². The Morgan fingerprint density at radius 2 is 0.400 bits per heavy atom. The molecular weight excluding hydrogens is 1070 g/mol. The fraction of sp³-hybridized carbons (Fsp3) is 0.507. The molecule has 0 aliphatic heterocycles. The molecular formula is C73H100O12. The van der Waals surface area contributed by atoms with Crippen molar-refractivity contribution in [3.63, 3.8) is 0 Å². The average Bonchev–Trinajstić information content (AvgIpc) is 3.19. The minimum Gasteiger partial charge on any atom is -0.507 e. The van der Waals surface area contributed by atoms with Gasteiger partial charge < -0.3 is 39.4 Å². The molecule has 4 aromatic rings. The van der Waals surface area contributed by atoms with Gasteiger partial charge in [0.15, 0.2) is 0 Å². The summed E-state index contributed by atoms with van der Waals surface area (Å²) in [6.45, 7) is 60.3. The van der Waals surface area contributed by atoms with E-state index in [2.05, 4.69) is 26.3 Å². The van der Waals surface area contributed by atoms with Crippen LogP contribution >= 0.6 is 0 Å². The van der Waals surface area contributed by atoms with Crippen molar-refractivity contribution in [1.29, 1.82) is 0 Å². The molecule has 4 N–H and O–H groups in total. The lowest BCUT2D eigenvalue weighted by Crippen LogP contribution is -2.44. The minimum absolute atomic E-state index is 0.0869. The third-order valence-corrected chi connectivity index (χ3v) is 15.3. The van der Waals surface area contributed by atoms with Gasteiger partial charge in [0, 0.05) is 44.5 Å². The van der Waals surface area contributed by atoms with Crippen LogP contribution in [0.1, 0.15) is 233 Å². The Hall–Kier alpha value is -7.08. The number of hydrogen-bond acceptors (Lipinski definition) is 12. The summed E-state index contributed by atoms with van der Waals surface area (Å²) in [5.74, 6) is -3.35. The summed E-state index contributed by atoms with van der Waals surface area (Å²) >= 11 is 0. The third kappa shape index (κ3) is 16.7. The van der Waals surface area contributed by atoms with E-state index in [1.807, 2.05) is 166 Å². The van der Waals surface area contributed by atoms with Gasteiger partial charge in [-0.25, -0.2) is 19.2 Å². The highest BCUT2D eigenvalue weighted by Crippen LogP contribution is 2.46. The maximum absolute atomic E-state index is 14.6. The van der Waals surface area contributed by atoms with E-state index in [-0.39, 0.29) is 45.3 Å². The first-order chi connectivity index (χ1) is 38.2. The average molecular weight is 1170 g/mol. The number of esters is 4. The van der Waals surface area contributed by atoms with Crippen molar-refractivity contribution in [2.75, 3.05) is 26.4 Å². The van der Waals surface area contributed by atoms with Crippen molar-refractivity contribution < 1.29 is 58.6 Å². The number of carbonyl (C=O) groups excluding carboxylic acids is 4. The Bertz CT molecular complexity index is 2720. The molecule has 85 heavy (non-hydrogen) atoms. The smallest absolute Gasteiger partial charge is 0.338 e. The van der Waals surface area contributed by atoms with Gasteiger partial charge in [0.2, 0.25) is 0 Å². The lowest BCUT2D eigenvalue weighted by atomic mass is 9.78. The first-order valence-corrected chi connectivity index (χ1v) is 29.1.